The van der Waals surface area contributed by atoms with E-state index in [0.717, 1.165) is 5.56 Å². The quantitative estimate of drug-likeness (QED) is 0.500. The molecule has 1 heterocycles. The second kappa shape index (κ2) is 9.00. The standard InChI is InChI=1S/C23H18FN3O3/c24-18-10-6-9-17(13-18)23-26-22(27-30-23)19-11-4-5-12-20(19)29-15-21(28)25-14-16-7-2-1-3-8-16/h1-13H,14-15H2,(H,25,28). The first-order chi connectivity index (χ1) is 14.7. The van der Waals surface area contributed by atoms with Crippen molar-refractivity contribution in [2.75, 3.05) is 6.61 Å². The van der Waals surface area contributed by atoms with Gasteiger partial charge < -0.3 is 14.6 Å². The molecule has 1 N–H and O–H groups in total. The average Bonchev–Trinajstić information content (AvgIpc) is 3.27. The summed E-state index contributed by atoms with van der Waals surface area (Å²) in [6.07, 6.45) is 0. The number of carbonyl (C=O) groups excluding carboxylic acids is 1. The van der Waals surface area contributed by atoms with Crippen LogP contribution in [0.2, 0.25) is 0 Å². The highest BCUT2D eigenvalue weighted by Gasteiger charge is 2.15. The molecule has 3 aromatic carbocycles. The molecule has 4 aromatic rings. The molecule has 30 heavy (non-hydrogen) atoms. The van der Waals surface area contributed by atoms with Crippen molar-refractivity contribution in [3.8, 4) is 28.6 Å². The van der Waals surface area contributed by atoms with E-state index in [9.17, 15) is 9.18 Å². The van der Waals surface area contributed by atoms with Crippen LogP contribution >= 0.6 is 0 Å². The minimum Gasteiger partial charge on any atom is -0.483 e. The fourth-order valence-corrected chi connectivity index (χ4v) is 2.84. The molecule has 6 nitrogen and oxygen atoms in total. The van der Waals surface area contributed by atoms with Crippen LogP contribution in [0.25, 0.3) is 22.8 Å². The normalized spacial score (nSPS) is 10.6. The van der Waals surface area contributed by atoms with Crippen molar-refractivity contribution in [3.63, 3.8) is 0 Å². The smallest absolute Gasteiger partial charge is 0.258 e. The van der Waals surface area contributed by atoms with Crippen molar-refractivity contribution in [1.29, 1.82) is 0 Å². The van der Waals surface area contributed by atoms with E-state index in [2.05, 4.69) is 15.5 Å². The minimum absolute atomic E-state index is 0.154. The number of halogens is 1. The summed E-state index contributed by atoms with van der Waals surface area (Å²) in [6, 6.07) is 22.6. The maximum Gasteiger partial charge on any atom is 0.258 e. The molecule has 150 valence electrons. The van der Waals surface area contributed by atoms with Crippen LogP contribution in [0.1, 0.15) is 5.56 Å². The number of para-hydroxylation sites is 1. The lowest BCUT2D eigenvalue weighted by molar-refractivity contribution is -0.123. The molecule has 0 fully saturated rings. The summed E-state index contributed by atoms with van der Waals surface area (Å²) in [6.45, 7) is 0.269. The first kappa shape index (κ1) is 19.3. The summed E-state index contributed by atoms with van der Waals surface area (Å²) in [5.74, 6) is 0.285. The molecule has 4 rings (SSSR count). The van der Waals surface area contributed by atoms with Crippen molar-refractivity contribution >= 4 is 5.91 Å². The number of hydrogen-bond acceptors (Lipinski definition) is 5. The molecule has 0 aliphatic rings. The second-order valence-corrected chi connectivity index (χ2v) is 6.48. The number of hydrogen-bond donors (Lipinski definition) is 1. The van der Waals surface area contributed by atoms with Crippen LogP contribution in [0.15, 0.2) is 83.4 Å². The van der Waals surface area contributed by atoms with Gasteiger partial charge in [0.2, 0.25) is 5.82 Å². The summed E-state index contributed by atoms with van der Waals surface area (Å²) in [5.41, 5.74) is 2.05. The van der Waals surface area contributed by atoms with E-state index in [1.54, 1.807) is 36.4 Å². The zero-order valence-electron chi connectivity index (χ0n) is 15.9. The van der Waals surface area contributed by atoms with Gasteiger partial charge in [0, 0.05) is 12.1 Å². The first-order valence-electron chi connectivity index (χ1n) is 9.31. The zero-order valence-corrected chi connectivity index (χ0v) is 15.9. The summed E-state index contributed by atoms with van der Waals surface area (Å²) >= 11 is 0. The average molecular weight is 403 g/mol. The van der Waals surface area contributed by atoms with Crippen molar-refractivity contribution < 1.29 is 18.4 Å². The van der Waals surface area contributed by atoms with Gasteiger partial charge in [-0.3, -0.25) is 4.79 Å². The van der Waals surface area contributed by atoms with E-state index in [1.807, 2.05) is 30.3 Å². The predicted octanol–water partition coefficient (Wildman–Crippen LogP) is 4.24. The number of nitrogens with zero attached hydrogens (tertiary/aromatic N) is 2. The Morgan fingerprint density at radius 1 is 1.00 bits per heavy atom. The Hall–Kier alpha value is -4.00. The van der Waals surface area contributed by atoms with E-state index >= 15 is 0 Å². The number of rotatable bonds is 7. The number of aromatic nitrogens is 2. The van der Waals surface area contributed by atoms with Gasteiger partial charge in [0.05, 0.1) is 5.56 Å². The van der Waals surface area contributed by atoms with Crippen molar-refractivity contribution in [2.24, 2.45) is 0 Å². The molecule has 7 heteroatoms. The molecule has 1 amide bonds. The van der Waals surface area contributed by atoms with E-state index in [4.69, 9.17) is 9.26 Å². The molecule has 0 saturated carbocycles. The summed E-state index contributed by atoms with van der Waals surface area (Å²) in [4.78, 5) is 16.5. The van der Waals surface area contributed by atoms with E-state index in [-0.39, 0.29) is 24.2 Å². The van der Waals surface area contributed by atoms with Gasteiger partial charge in [-0.15, -0.1) is 0 Å². The maximum atomic E-state index is 13.4. The van der Waals surface area contributed by atoms with Crippen LogP contribution in [0, 0.1) is 5.82 Å². The van der Waals surface area contributed by atoms with Gasteiger partial charge >= 0.3 is 0 Å². The fourth-order valence-electron chi connectivity index (χ4n) is 2.84. The van der Waals surface area contributed by atoms with Gasteiger partial charge in [-0.2, -0.15) is 4.98 Å². The number of amides is 1. The zero-order chi connectivity index (χ0) is 20.8. The highest BCUT2D eigenvalue weighted by Crippen LogP contribution is 2.29. The third-order valence-electron chi connectivity index (χ3n) is 4.32. The van der Waals surface area contributed by atoms with Crippen LogP contribution in [0.5, 0.6) is 5.75 Å². The van der Waals surface area contributed by atoms with Gasteiger partial charge in [0.25, 0.3) is 11.8 Å². The Morgan fingerprint density at radius 2 is 1.80 bits per heavy atom. The minimum atomic E-state index is -0.391. The predicted molar refractivity (Wildman–Crippen MR) is 109 cm³/mol. The van der Waals surface area contributed by atoms with E-state index in [1.165, 1.54) is 12.1 Å². The van der Waals surface area contributed by atoms with Gasteiger partial charge in [0.15, 0.2) is 6.61 Å². The Kier molecular flexibility index (Phi) is 5.80. The van der Waals surface area contributed by atoms with Gasteiger partial charge in [-0.05, 0) is 35.9 Å². The number of benzene rings is 3. The highest BCUT2D eigenvalue weighted by molar-refractivity contribution is 5.78. The Balaban J connectivity index is 1.43. The molecule has 1 aromatic heterocycles. The lowest BCUT2D eigenvalue weighted by Crippen LogP contribution is -2.28. The van der Waals surface area contributed by atoms with Crippen LogP contribution in [0.3, 0.4) is 0 Å². The molecular formula is C23H18FN3O3. The second-order valence-electron chi connectivity index (χ2n) is 6.48. The third kappa shape index (κ3) is 4.70. The fraction of sp³-hybridized carbons (Fsp3) is 0.0870. The van der Waals surface area contributed by atoms with Crippen LogP contribution in [-0.2, 0) is 11.3 Å². The van der Waals surface area contributed by atoms with Crippen molar-refractivity contribution in [3.05, 3.63) is 90.2 Å². The largest absolute Gasteiger partial charge is 0.483 e. The summed E-state index contributed by atoms with van der Waals surface area (Å²) in [7, 11) is 0. The van der Waals surface area contributed by atoms with Gasteiger partial charge in [0.1, 0.15) is 11.6 Å². The Morgan fingerprint density at radius 3 is 2.63 bits per heavy atom. The van der Waals surface area contributed by atoms with Crippen LogP contribution < -0.4 is 10.1 Å². The van der Waals surface area contributed by atoms with Crippen LogP contribution in [0.4, 0.5) is 4.39 Å². The molecular weight excluding hydrogens is 385 g/mol. The molecule has 0 spiro atoms. The molecule has 0 aliphatic heterocycles. The molecule has 0 atom stereocenters. The Bertz CT molecular complexity index is 1150. The Labute approximate surface area is 172 Å². The maximum absolute atomic E-state index is 13.4. The molecule has 0 bridgehead atoms. The van der Waals surface area contributed by atoms with Gasteiger partial charge in [-0.1, -0.05) is 53.7 Å². The van der Waals surface area contributed by atoms with Crippen molar-refractivity contribution in [2.45, 2.75) is 6.54 Å². The van der Waals surface area contributed by atoms with Crippen LogP contribution in [-0.4, -0.2) is 22.7 Å². The van der Waals surface area contributed by atoms with E-state index < -0.39 is 5.82 Å². The van der Waals surface area contributed by atoms with Gasteiger partial charge in [-0.25, -0.2) is 4.39 Å². The number of ether oxygens (including phenoxy) is 1. The lowest BCUT2D eigenvalue weighted by Gasteiger charge is -2.10. The summed E-state index contributed by atoms with van der Waals surface area (Å²) in [5, 5.41) is 6.78. The number of carbonyl (C=O) groups is 1. The SMILES string of the molecule is O=C(COc1ccccc1-c1noc(-c2cccc(F)c2)n1)NCc1ccccc1. The number of nitrogens with one attached hydrogen (secondary N) is 1. The molecule has 0 radical (unpaired) electrons. The molecule has 0 unspecified atom stereocenters. The highest BCUT2D eigenvalue weighted by atomic mass is 19.1. The lowest BCUT2D eigenvalue weighted by atomic mass is 10.2. The molecule has 0 aliphatic carbocycles. The third-order valence-corrected chi connectivity index (χ3v) is 4.32. The summed E-state index contributed by atoms with van der Waals surface area (Å²) < 4.78 is 24.4. The monoisotopic (exact) mass is 403 g/mol. The van der Waals surface area contributed by atoms with E-state index in [0.29, 0.717) is 23.4 Å². The topological polar surface area (TPSA) is 77.2 Å². The van der Waals surface area contributed by atoms with Crippen molar-refractivity contribution in [1.82, 2.24) is 15.5 Å². The first-order valence-corrected chi connectivity index (χ1v) is 9.31. The molecule has 0 saturated heterocycles.